The molecule has 0 spiro atoms. The normalized spacial score (nSPS) is 18.1. The molecule has 0 saturated carbocycles. The fraction of sp³-hybridized carbons (Fsp3) is 0.615. The molecule has 0 N–H and O–H groups in total. The molecule has 1 aliphatic rings. The van der Waals surface area contributed by atoms with Crippen molar-refractivity contribution in [3.63, 3.8) is 0 Å². The highest BCUT2D eigenvalue weighted by molar-refractivity contribution is 9.10. The van der Waals surface area contributed by atoms with Gasteiger partial charge < -0.3 is 4.74 Å². The lowest BCUT2D eigenvalue weighted by atomic mass is 10.1. The fourth-order valence-corrected chi connectivity index (χ4v) is 2.75. The number of alkyl halides is 1. The molecule has 0 bridgehead atoms. The van der Waals surface area contributed by atoms with E-state index in [4.69, 9.17) is 16.3 Å². The summed E-state index contributed by atoms with van der Waals surface area (Å²) < 4.78 is 6.71. The number of hydrogen-bond donors (Lipinski definition) is 0. The van der Waals surface area contributed by atoms with Crippen LogP contribution in [0.2, 0.25) is 0 Å². The third-order valence-corrected chi connectivity index (χ3v) is 3.72. The highest BCUT2D eigenvalue weighted by Crippen LogP contribution is 2.17. The third-order valence-electron chi connectivity index (χ3n) is 3.13. The van der Waals surface area contributed by atoms with Gasteiger partial charge in [0.1, 0.15) is 0 Å². The minimum absolute atomic E-state index is 0.389. The van der Waals surface area contributed by atoms with E-state index in [0.29, 0.717) is 18.6 Å². The predicted molar refractivity (Wildman–Crippen MR) is 76.9 cm³/mol. The lowest BCUT2D eigenvalue weighted by Gasteiger charge is -2.31. The highest BCUT2D eigenvalue weighted by Gasteiger charge is 2.19. The van der Waals surface area contributed by atoms with Crippen LogP contribution in [0.4, 0.5) is 0 Å². The van der Waals surface area contributed by atoms with E-state index in [-0.39, 0.29) is 0 Å². The summed E-state index contributed by atoms with van der Waals surface area (Å²) in [6, 6.07) is 2.13. The molecule has 0 aromatic carbocycles. The van der Waals surface area contributed by atoms with Crippen LogP contribution in [0.15, 0.2) is 22.9 Å². The molecule has 0 aliphatic carbocycles. The van der Waals surface area contributed by atoms with Gasteiger partial charge in [-0.1, -0.05) is 0 Å². The summed E-state index contributed by atoms with van der Waals surface area (Å²) in [5.74, 6) is 0.587. The summed E-state index contributed by atoms with van der Waals surface area (Å²) in [7, 11) is 0. The van der Waals surface area contributed by atoms with Crippen LogP contribution in [0.1, 0.15) is 18.4 Å². The van der Waals surface area contributed by atoms with Crippen molar-refractivity contribution in [1.29, 1.82) is 0 Å². The van der Waals surface area contributed by atoms with Crippen molar-refractivity contribution in [3.8, 4) is 0 Å². The number of likely N-dealkylation sites (tertiary alicyclic amines) is 1. The van der Waals surface area contributed by atoms with Gasteiger partial charge in [-0.2, -0.15) is 0 Å². The molecule has 0 atom stereocenters. The van der Waals surface area contributed by atoms with Crippen molar-refractivity contribution >= 4 is 27.5 Å². The maximum Gasteiger partial charge on any atom is 0.0605 e. The molecule has 1 aromatic heterocycles. The number of hydrogen-bond acceptors (Lipinski definition) is 3. The Labute approximate surface area is 122 Å². The topological polar surface area (TPSA) is 25.4 Å². The van der Waals surface area contributed by atoms with E-state index in [9.17, 15) is 0 Å². The lowest BCUT2D eigenvalue weighted by Crippen LogP contribution is -2.36. The van der Waals surface area contributed by atoms with E-state index in [2.05, 4.69) is 31.9 Å². The van der Waals surface area contributed by atoms with E-state index in [1.807, 2.05) is 12.4 Å². The van der Waals surface area contributed by atoms with Gasteiger partial charge >= 0.3 is 0 Å². The average molecular weight is 334 g/mol. The highest BCUT2D eigenvalue weighted by atomic mass is 79.9. The van der Waals surface area contributed by atoms with E-state index < -0.39 is 0 Å². The monoisotopic (exact) mass is 332 g/mol. The van der Waals surface area contributed by atoms with Crippen molar-refractivity contribution in [2.45, 2.75) is 25.5 Å². The van der Waals surface area contributed by atoms with E-state index >= 15 is 0 Å². The Morgan fingerprint density at radius 2 is 2.17 bits per heavy atom. The molecule has 1 saturated heterocycles. The summed E-state index contributed by atoms with van der Waals surface area (Å²) in [6.45, 7) is 3.80. The fourth-order valence-electron chi connectivity index (χ4n) is 2.25. The van der Waals surface area contributed by atoms with Gasteiger partial charge in [-0.15, -0.1) is 11.6 Å². The van der Waals surface area contributed by atoms with Crippen LogP contribution in [0, 0.1) is 0 Å². The van der Waals surface area contributed by atoms with Gasteiger partial charge in [0.15, 0.2) is 0 Å². The standard InChI is InChI=1S/C13H18BrClN2O/c14-12-7-11(8-16-9-12)10-17-4-1-13(2-5-17)18-6-3-15/h7-9,13H,1-6,10H2. The van der Waals surface area contributed by atoms with Gasteiger partial charge in [-0.3, -0.25) is 9.88 Å². The molecule has 0 amide bonds. The Kier molecular flexibility index (Phi) is 5.89. The van der Waals surface area contributed by atoms with Gasteiger partial charge in [0.25, 0.3) is 0 Å². The van der Waals surface area contributed by atoms with E-state index in [0.717, 1.165) is 36.9 Å². The second-order valence-electron chi connectivity index (χ2n) is 4.55. The molecule has 1 fully saturated rings. The molecule has 5 heteroatoms. The molecule has 1 aromatic rings. The van der Waals surface area contributed by atoms with Crippen molar-refractivity contribution in [2.75, 3.05) is 25.6 Å². The Morgan fingerprint density at radius 1 is 1.39 bits per heavy atom. The number of ether oxygens (including phenoxy) is 1. The Morgan fingerprint density at radius 3 is 2.83 bits per heavy atom. The van der Waals surface area contributed by atoms with Gasteiger partial charge in [0.05, 0.1) is 12.7 Å². The lowest BCUT2D eigenvalue weighted by molar-refractivity contribution is 0.0134. The second kappa shape index (κ2) is 7.43. The van der Waals surface area contributed by atoms with Crippen molar-refractivity contribution in [1.82, 2.24) is 9.88 Å². The van der Waals surface area contributed by atoms with Gasteiger partial charge in [0.2, 0.25) is 0 Å². The summed E-state index contributed by atoms with van der Waals surface area (Å²) >= 11 is 9.08. The Balaban J connectivity index is 1.76. The van der Waals surface area contributed by atoms with Gasteiger partial charge in [-0.05, 0) is 40.4 Å². The minimum atomic E-state index is 0.389. The number of aromatic nitrogens is 1. The molecule has 3 nitrogen and oxygen atoms in total. The van der Waals surface area contributed by atoms with Gasteiger partial charge in [-0.25, -0.2) is 0 Å². The summed E-state index contributed by atoms with van der Waals surface area (Å²) in [5.41, 5.74) is 1.25. The maximum absolute atomic E-state index is 5.67. The molecule has 18 heavy (non-hydrogen) atoms. The van der Waals surface area contributed by atoms with Crippen molar-refractivity contribution in [2.24, 2.45) is 0 Å². The number of halogens is 2. The first-order chi connectivity index (χ1) is 8.78. The maximum atomic E-state index is 5.67. The quantitative estimate of drug-likeness (QED) is 0.774. The summed E-state index contributed by atoms with van der Waals surface area (Å²) in [5, 5.41) is 0. The number of rotatable bonds is 5. The SMILES string of the molecule is ClCCOC1CCN(Cc2cncc(Br)c2)CC1. The van der Waals surface area contributed by atoms with Crippen LogP contribution in [-0.2, 0) is 11.3 Å². The Hall–Kier alpha value is -0.160. The zero-order valence-corrected chi connectivity index (χ0v) is 12.7. The number of nitrogens with zero attached hydrogens (tertiary/aromatic N) is 2. The number of piperidine rings is 1. The Bertz CT molecular complexity index is 370. The minimum Gasteiger partial charge on any atom is -0.377 e. The summed E-state index contributed by atoms with van der Waals surface area (Å²) in [6.07, 6.45) is 6.33. The van der Waals surface area contributed by atoms with Crippen molar-refractivity contribution < 1.29 is 4.74 Å². The number of pyridine rings is 1. The first-order valence-electron chi connectivity index (χ1n) is 6.27. The van der Waals surface area contributed by atoms with Gasteiger partial charge in [0, 0.05) is 42.4 Å². The molecule has 100 valence electrons. The van der Waals surface area contributed by atoms with Crippen LogP contribution >= 0.6 is 27.5 Å². The first-order valence-corrected chi connectivity index (χ1v) is 7.60. The molecule has 1 aliphatic heterocycles. The molecular weight excluding hydrogens is 316 g/mol. The van der Waals surface area contributed by atoms with Crippen molar-refractivity contribution in [3.05, 3.63) is 28.5 Å². The predicted octanol–water partition coefficient (Wildman–Crippen LogP) is 3.06. The second-order valence-corrected chi connectivity index (χ2v) is 5.84. The zero-order chi connectivity index (χ0) is 12.8. The van der Waals surface area contributed by atoms with E-state index in [1.165, 1.54) is 5.56 Å². The van der Waals surface area contributed by atoms with Crippen LogP contribution in [0.25, 0.3) is 0 Å². The van der Waals surface area contributed by atoms with E-state index in [1.54, 1.807) is 0 Å². The largest absolute Gasteiger partial charge is 0.377 e. The first kappa shape index (κ1) is 14.3. The molecule has 2 rings (SSSR count). The van der Waals surface area contributed by atoms with Crippen LogP contribution in [0.3, 0.4) is 0 Å². The molecule has 2 heterocycles. The van der Waals surface area contributed by atoms with Crippen LogP contribution in [-0.4, -0.2) is 41.6 Å². The zero-order valence-electron chi connectivity index (χ0n) is 10.3. The third kappa shape index (κ3) is 4.50. The molecule has 0 unspecified atom stereocenters. The average Bonchev–Trinajstić information content (AvgIpc) is 2.38. The molecular formula is C13H18BrClN2O. The molecule has 0 radical (unpaired) electrons. The van der Waals surface area contributed by atoms with Crippen LogP contribution < -0.4 is 0 Å². The van der Waals surface area contributed by atoms with Crippen LogP contribution in [0.5, 0.6) is 0 Å². The summed E-state index contributed by atoms with van der Waals surface area (Å²) in [4.78, 5) is 6.64. The smallest absolute Gasteiger partial charge is 0.0605 e.